The quantitative estimate of drug-likeness (QED) is 0.469. The second-order valence-electron chi connectivity index (χ2n) is 7.44. The zero-order valence-corrected chi connectivity index (χ0v) is 17.8. The molecule has 0 atom stereocenters. The number of aryl methyl sites for hydroxylation is 2. The molecular weight excluding hydrogens is 398 g/mol. The fourth-order valence-corrected chi connectivity index (χ4v) is 3.98. The fraction of sp³-hybridized carbons (Fsp3) is 0.261. The molecule has 6 nitrogen and oxygen atoms in total. The highest BCUT2D eigenvalue weighted by molar-refractivity contribution is 7.80. The molecule has 0 aliphatic carbocycles. The van der Waals surface area contributed by atoms with E-state index in [0.717, 1.165) is 35.5 Å². The van der Waals surface area contributed by atoms with E-state index in [-0.39, 0.29) is 10.7 Å². The van der Waals surface area contributed by atoms with Crippen LogP contribution < -0.4 is 15.1 Å². The van der Waals surface area contributed by atoms with Gasteiger partial charge >= 0.3 is 0 Å². The predicted molar refractivity (Wildman–Crippen MR) is 122 cm³/mol. The number of anilines is 2. The van der Waals surface area contributed by atoms with E-state index in [2.05, 4.69) is 10.2 Å². The second kappa shape index (κ2) is 8.38. The smallest absolute Gasteiger partial charge is 0.270 e. The minimum atomic E-state index is -0.483. The van der Waals surface area contributed by atoms with Crippen LogP contribution >= 0.6 is 12.2 Å². The van der Waals surface area contributed by atoms with Crippen LogP contribution in [0, 0.1) is 13.8 Å². The van der Waals surface area contributed by atoms with Gasteiger partial charge < -0.3 is 9.64 Å². The molecular formula is C23H23N3O3S. The molecule has 2 aromatic carbocycles. The van der Waals surface area contributed by atoms with Crippen LogP contribution in [0.2, 0.25) is 0 Å². The van der Waals surface area contributed by atoms with Crippen LogP contribution in [0.25, 0.3) is 6.08 Å². The first kappa shape index (κ1) is 20.3. The molecule has 2 heterocycles. The summed E-state index contributed by atoms with van der Waals surface area (Å²) in [6.07, 6.45) is 1.61. The molecule has 0 spiro atoms. The van der Waals surface area contributed by atoms with E-state index in [1.54, 1.807) is 6.08 Å². The molecule has 1 N–H and O–H groups in total. The maximum absolute atomic E-state index is 13.2. The van der Waals surface area contributed by atoms with Gasteiger partial charge in [0.1, 0.15) is 5.57 Å². The summed E-state index contributed by atoms with van der Waals surface area (Å²) in [4.78, 5) is 29.3. The van der Waals surface area contributed by atoms with E-state index in [4.69, 9.17) is 17.0 Å². The zero-order chi connectivity index (χ0) is 21.3. The Morgan fingerprint density at radius 3 is 2.40 bits per heavy atom. The summed E-state index contributed by atoms with van der Waals surface area (Å²) in [5.41, 5.74) is 4.60. The van der Waals surface area contributed by atoms with Crippen molar-refractivity contribution in [1.82, 2.24) is 5.32 Å². The number of nitrogens with one attached hydrogen (secondary N) is 1. The van der Waals surface area contributed by atoms with Gasteiger partial charge in [0.05, 0.1) is 18.9 Å². The lowest BCUT2D eigenvalue weighted by Crippen LogP contribution is -2.54. The number of amides is 2. The molecule has 0 unspecified atom stereocenters. The number of hydrogen-bond acceptors (Lipinski definition) is 5. The molecule has 0 bridgehead atoms. The summed E-state index contributed by atoms with van der Waals surface area (Å²) >= 11 is 5.29. The van der Waals surface area contributed by atoms with Crippen molar-refractivity contribution in [2.45, 2.75) is 13.8 Å². The van der Waals surface area contributed by atoms with Crippen molar-refractivity contribution < 1.29 is 14.3 Å². The van der Waals surface area contributed by atoms with Gasteiger partial charge in [-0.25, -0.2) is 0 Å². The first-order chi connectivity index (χ1) is 14.4. The lowest BCUT2D eigenvalue weighted by atomic mass is 10.0. The lowest BCUT2D eigenvalue weighted by Gasteiger charge is -2.30. The molecule has 0 radical (unpaired) electrons. The topological polar surface area (TPSA) is 61.9 Å². The Balaban J connectivity index is 1.62. The molecule has 0 aromatic heterocycles. The molecule has 2 saturated heterocycles. The van der Waals surface area contributed by atoms with Crippen LogP contribution in [0.3, 0.4) is 0 Å². The van der Waals surface area contributed by atoms with Gasteiger partial charge in [-0.05, 0) is 61.5 Å². The molecule has 4 rings (SSSR count). The largest absolute Gasteiger partial charge is 0.378 e. The second-order valence-corrected chi connectivity index (χ2v) is 7.83. The summed E-state index contributed by atoms with van der Waals surface area (Å²) < 4.78 is 5.39. The normalized spacial score (nSPS) is 18.7. The highest BCUT2D eigenvalue weighted by atomic mass is 32.1. The fourth-order valence-electron chi connectivity index (χ4n) is 3.70. The van der Waals surface area contributed by atoms with E-state index in [0.29, 0.717) is 18.9 Å². The average molecular weight is 422 g/mol. The highest BCUT2D eigenvalue weighted by Gasteiger charge is 2.35. The van der Waals surface area contributed by atoms with Crippen LogP contribution in [0.5, 0.6) is 0 Å². The third-order valence-electron chi connectivity index (χ3n) is 5.28. The number of thiocarbonyl (C=S) groups is 1. The van der Waals surface area contributed by atoms with E-state index >= 15 is 0 Å². The molecule has 7 heteroatoms. The number of carbonyl (C=O) groups excluding carboxylic acids is 2. The summed E-state index contributed by atoms with van der Waals surface area (Å²) in [6, 6.07) is 13.6. The van der Waals surface area contributed by atoms with Crippen molar-refractivity contribution in [1.29, 1.82) is 0 Å². The van der Waals surface area contributed by atoms with Gasteiger partial charge in [-0.2, -0.15) is 0 Å². The molecule has 2 amide bonds. The van der Waals surface area contributed by atoms with E-state index in [1.807, 2.05) is 56.3 Å². The zero-order valence-electron chi connectivity index (χ0n) is 17.0. The first-order valence-corrected chi connectivity index (χ1v) is 10.3. The number of carbonyl (C=O) groups is 2. The predicted octanol–water partition coefficient (Wildman–Crippen LogP) is 2.97. The van der Waals surface area contributed by atoms with Crippen LogP contribution in [0.4, 0.5) is 11.4 Å². The van der Waals surface area contributed by atoms with Gasteiger partial charge in [-0.3, -0.25) is 19.8 Å². The van der Waals surface area contributed by atoms with Crippen molar-refractivity contribution >= 4 is 46.6 Å². The van der Waals surface area contributed by atoms with Gasteiger partial charge in [0, 0.05) is 18.8 Å². The number of hydrogen-bond donors (Lipinski definition) is 1. The molecule has 154 valence electrons. The number of benzene rings is 2. The van der Waals surface area contributed by atoms with Crippen LogP contribution in [-0.4, -0.2) is 43.2 Å². The van der Waals surface area contributed by atoms with Gasteiger partial charge in [0.15, 0.2) is 5.11 Å². The van der Waals surface area contributed by atoms with Gasteiger partial charge in [0.25, 0.3) is 11.8 Å². The number of ether oxygens (including phenoxy) is 1. The summed E-state index contributed by atoms with van der Waals surface area (Å²) in [5, 5.41) is 2.73. The molecule has 30 heavy (non-hydrogen) atoms. The highest BCUT2D eigenvalue weighted by Crippen LogP contribution is 2.26. The third kappa shape index (κ3) is 3.99. The van der Waals surface area contributed by atoms with Crippen LogP contribution in [0.1, 0.15) is 16.7 Å². The van der Waals surface area contributed by atoms with Crippen molar-refractivity contribution in [2.75, 3.05) is 36.1 Å². The number of nitrogens with zero attached hydrogens (tertiary/aromatic N) is 2. The minimum absolute atomic E-state index is 0.0581. The number of morpholine rings is 1. The Hall–Kier alpha value is -3.03. The molecule has 2 aromatic rings. The average Bonchev–Trinajstić information content (AvgIpc) is 2.73. The summed E-state index contributed by atoms with van der Waals surface area (Å²) in [6.45, 7) is 7.04. The minimum Gasteiger partial charge on any atom is -0.378 e. The van der Waals surface area contributed by atoms with Crippen molar-refractivity contribution in [3.05, 3.63) is 64.7 Å². The maximum Gasteiger partial charge on any atom is 0.270 e. The number of rotatable bonds is 3. The monoisotopic (exact) mass is 421 g/mol. The summed E-state index contributed by atoms with van der Waals surface area (Å²) in [7, 11) is 0. The van der Waals surface area contributed by atoms with Crippen LogP contribution in [-0.2, 0) is 14.3 Å². The Bertz CT molecular complexity index is 1040. The van der Waals surface area contributed by atoms with Gasteiger partial charge in [-0.15, -0.1) is 0 Å². The third-order valence-corrected chi connectivity index (χ3v) is 5.56. The van der Waals surface area contributed by atoms with Gasteiger partial charge in [-0.1, -0.05) is 29.8 Å². The Morgan fingerprint density at radius 2 is 1.73 bits per heavy atom. The molecule has 2 aliphatic rings. The van der Waals surface area contributed by atoms with E-state index < -0.39 is 11.8 Å². The van der Waals surface area contributed by atoms with E-state index in [9.17, 15) is 9.59 Å². The maximum atomic E-state index is 13.2. The molecule has 0 saturated carbocycles. The SMILES string of the molecule is Cc1ccc(N2C(=O)/C(=C/c3ccc(N4CCOCC4)cc3)C(=O)NC2=S)c(C)c1. The van der Waals surface area contributed by atoms with Gasteiger partial charge in [0.2, 0.25) is 0 Å². The Morgan fingerprint density at radius 1 is 1.03 bits per heavy atom. The van der Waals surface area contributed by atoms with E-state index in [1.165, 1.54) is 4.90 Å². The molecule has 2 fully saturated rings. The standard InChI is InChI=1S/C23H23N3O3S/c1-15-3-8-20(16(2)13-15)26-22(28)19(21(27)24-23(26)30)14-17-4-6-18(7-5-17)25-9-11-29-12-10-25/h3-8,13-14H,9-12H2,1-2H3,(H,24,27,30)/b19-14+. The lowest BCUT2D eigenvalue weighted by molar-refractivity contribution is -0.122. The summed E-state index contributed by atoms with van der Waals surface area (Å²) in [5.74, 6) is -0.906. The molecule has 2 aliphatic heterocycles. The Kier molecular flexibility index (Phi) is 5.65. The Labute approximate surface area is 181 Å². The van der Waals surface area contributed by atoms with Crippen molar-refractivity contribution in [3.63, 3.8) is 0 Å². The van der Waals surface area contributed by atoms with Crippen molar-refractivity contribution in [2.24, 2.45) is 0 Å². The van der Waals surface area contributed by atoms with Crippen molar-refractivity contribution in [3.8, 4) is 0 Å². The van der Waals surface area contributed by atoms with Crippen LogP contribution in [0.15, 0.2) is 48.0 Å². The first-order valence-electron chi connectivity index (χ1n) is 9.85.